The summed E-state index contributed by atoms with van der Waals surface area (Å²) in [6.07, 6.45) is -0.441. The van der Waals surface area contributed by atoms with Gasteiger partial charge in [-0.2, -0.15) is 0 Å². The minimum atomic E-state index is -0.441. The minimum Gasteiger partial charge on any atom is -0.465 e. The van der Waals surface area contributed by atoms with Gasteiger partial charge in [0, 0.05) is 5.56 Å². The van der Waals surface area contributed by atoms with Crippen LogP contribution in [-0.4, -0.2) is 24.5 Å². The molecule has 7 heteroatoms. The minimum absolute atomic E-state index is 0.422. The van der Waals surface area contributed by atoms with E-state index in [9.17, 15) is 4.79 Å². The van der Waals surface area contributed by atoms with Gasteiger partial charge in [-0.3, -0.25) is 5.73 Å². The lowest BCUT2D eigenvalue weighted by Crippen LogP contribution is -2.32. The number of aromatic nitrogens is 1. The Morgan fingerprint density at radius 2 is 2.14 bits per heavy atom. The molecule has 0 saturated heterocycles. The van der Waals surface area contributed by atoms with Crippen molar-refractivity contribution in [3.63, 3.8) is 0 Å². The zero-order valence-corrected chi connectivity index (χ0v) is 12.0. The maximum atomic E-state index is 12.0. The van der Waals surface area contributed by atoms with Gasteiger partial charge in [0.15, 0.2) is 6.29 Å². The number of esters is 1. The van der Waals surface area contributed by atoms with Crippen molar-refractivity contribution in [2.45, 2.75) is 20.1 Å². The summed E-state index contributed by atoms with van der Waals surface area (Å²) in [4.78, 5) is 12.0. The molecule has 0 radical (unpaired) electrons. The lowest BCUT2D eigenvalue weighted by molar-refractivity contribution is 0.0602. The number of anilines is 2. The van der Waals surface area contributed by atoms with Crippen molar-refractivity contribution in [3.05, 3.63) is 29.2 Å². The van der Waals surface area contributed by atoms with Gasteiger partial charge in [0.2, 0.25) is 0 Å². The van der Waals surface area contributed by atoms with Crippen molar-refractivity contribution in [1.82, 2.24) is 5.16 Å². The first-order chi connectivity index (χ1) is 10.0. The smallest absolute Gasteiger partial charge is 0.340 e. The molecule has 0 bridgehead atoms. The predicted octanol–water partition coefficient (Wildman–Crippen LogP) is 1.82. The highest BCUT2D eigenvalue weighted by atomic mass is 16.5. The normalized spacial score (nSPS) is 16.1. The number of benzene rings is 1. The summed E-state index contributed by atoms with van der Waals surface area (Å²) in [7, 11) is 1.35. The first-order valence-corrected chi connectivity index (χ1v) is 6.49. The van der Waals surface area contributed by atoms with E-state index in [2.05, 4.69) is 15.8 Å². The van der Waals surface area contributed by atoms with Crippen LogP contribution < -0.4 is 16.4 Å². The van der Waals surface area contributed by atoms with E-state index in [0.29, 0.717) is 17.0 Å². The zero-order valence-electron chi connectivity index (χ0n) is 12.0. The maximum Gasteiger partial charge on any atom is 0.340 e. The molecule has 2 heterocycles. The fraction of sp³-hybridized carbons (Fsp3) is 0.286. The molecule has 0 saturated carbocycles. The Bertz CT molecular complexity index is 704. The Morgan fingerprint density at radius 1 is 1.38 bits per heavy atom. The van der Waals surface area contributed by atoms with Crippen molar-refractivity contribution in [2.24, 2.45) is 5.73 Å². The Hall–Kier alpha value is -2.54. The van der Waals surface area contributed by atoms with Gasteiger partial charge in [-0.25, -0.2) is 4.79 Å². The van der Waals surface area contributed by atoms with Gasteiger partial charge in [-0.1, -0.05) is 5.16 Å². The molecule has 1 aromatic carbocycles. The van der Waals surface area contributed by atoms with Crippen LogP contribution >= 0.6 is 0 Å². The number of hydrogen-bond acceptors (Lipinski definition) is 7. The van der Waals surface area contributed by atoms with E-state index < -0.39 is 12.3 Å². The third-order valence-electron chi connectivity index (χ3n) is 3.48. The fourth-order valence-electron chi connectivity index (χ4n) is 2.58. The number of methoxy groups -OCH3 is 1. The Balaban J connectivity index is 2.21. The number of fused-ring (bicyclic) bond motifs is 1. The van der Waals surface area contributed by atoms with E-state index >= 15 is 0 Å². The van der Waals surface area contributed by atoms with Gasteiger partial charge in [0.1, 0.15) is 5.76 Å². The SMILES string of the molecule is COC(=O)c1cc(-c2c(C)noc2C)cc2c1NC(N)N2. The summed E-state index contributed by atoms with van der Waals surface area (Å²) in [5, 5.41) is 10.0. The molecule has 7 nitrogen and oxygen atoms in total. The summed E-state index contributed by atoms with van der Waals surface area (Å²) in [5.41, 5.74) is 10.1. The van der Waals surface area contributed by atoms with Crippen molar-refractivity contribution in [3.8, 4) is 11.1 Å². The highest BCUT2D eigenvalue weighted by molar-refractivity contribution is 6.02. The molecule has 0 fully saturated rings. The van der Waals surface area contributed by atoms with Gasteiger partial charge < -0.3 is 19.9 Å². The van der Waals surface area contributed by atoms with Crippen LogP contribution in [0.25, 0.3) is 11.1 Å². The number of rotatable bonds is 2. The van der Waals surface area contributed by atoms with E-state index in [1.54, 1.807) is 6.07 Å². The third-order valence-corrected chi connectivity index (χ3v) is 3.48. The average molecular weight is 288 g/mol. The quantitative estimate of drug-likeness (QED) is 0.724. The van der Waals surface area contributed by atoms with Gasteiger partial charge in [-0.15, -0.1) is 0 Å². The third kappa shape index (κ3) is 2.11. The molecule has 1 aromatic heterocycles. The first kappa shape index (κ1) is 13.4. The Morgan fingerprint density at radius 3 is 2.76 bits per heavy atom. The highest BCUT2D eigenvalue weighted by Gasteiger charge is 2.26. The standard InChI is InChI=1S/C14H16N4O3/c1-6-11(7(2)21-18-6)8-4-9(13(19)20-3)12-10(5-8)16-14(15)17-12/h4-5,14,16-17H,15H2,1-3H3. The number of carbonyl (C=O) groups excluding carboxylic acids is 1. The predicted molar refractivity (Wildman–Crippen MR) is 78.0 cm³/mol. The van der Waals surface area contributed by atoms with Crippen LogP contribution in [0.1, 0.15) is 21.8 Å². The number of aryl methyl sites for hydroxylation is 2. The average Bonchev–Trinajstić information content (AvgIpc) is 2.98. The van der Waals surface area contributed by atoms with Crippen LogP contribution in [-0.2, 0) is 4.74 Å². The summed E-state index contributed by atoms with van der Waals surface area (Å²) < 4.78 is 10.0. The molecule has 4 N–H and O–H groups in total. The molecule has 1 aliphatic heterocycles. The number of hydrogen-bond donors (Lipinski definition) is 3. The number of ether oxygens (including phenoxy) is 1. The molecule has 1 unspecified atom stereocenters. The zero-order chi connectivity index (χ0) is 15.1. The second-order valence-corrected chi connectivity index (χ2v) is 4.90. The molecular weight excluding hydrogens is 272 g/mol. The molecule has 1 aliphatic rings. The van der Waals surface area contributed by atoms with E-state index in [0.717, 1.165) is 22.5 Å². The van der Waals surface area contributed by atoms with Gasteiger partial charge in [0.05, 0.1) is 29.7 Å². The number of carbonyl (C=O) groups is 1. The summed E-state index contributed by atoms with van der Waals surface area (Å²) in [5.74, 6) is 0.266. The number of nitrogens with two attached hydrogens (primary N) is 1. The van der Waals surface area contributed by atoms with Crippen LogP contribution in [0.15, 0.2) is 16.7 Å². The second kappa shape index (κ2) is 4.78. The van der Waals surface area contributed by atoms with Crippen molar-refractivity contribution in [1.29, 1.82) is 0 Å². The van der Waals surface area contributed by atoms with Crippen LogP contribution in [0, 0.1) is 13.8 Å². The van der Waals surface area contributed by atoms with Crippen molar-refractivity contribution in [2.75, 3.05) is 17.7 Å². The van der Waals surface area contributed by atoms with Gasteiger partial charge in [0.25, 0.3) is 0 Å². The molecule has 0 amide bonds. The van der Waals surface area contributed by atoms with Gasteiger partial charge >= 0.3 is 5.97 Å². The van der Waals surface area contributed by atoms with Crippen LogP contribution in [0.5, 0.6) is 0 Å². The van der Waals surface area contributed by atoms with Crippen LogP contribution in [0.2, 0.25) is 0 Å². The largest absolute Gasteiger partial charge is 0.465 e. The summed E-state index contributed by atoms with van der Waals surface area (Å²) in [6.45, 7) is 3.69. The van der Waals surface area contributed by atoms with Crippen molar-refractivity contribution >= 4 is 17.3 Å². The van der Waals surface area contributed by atoms with Gasteiger partial charge in [-0.05, 0) is 31.5 Å². The molecular formula is C14H16N4O3. The second-order valence-electron chi connectivity index (χ2n) is 4.90. The number of nitrogens with one attached hydrogen (secondary N) is 2. The summed E-state index contributed by atoms with van der Waals surface area (Å²) in [6, 6.07) is 3.66. The molecule has 0 spiro atoms. The van der Waals surface area contributed by atoms with Crippen LogP contribution in [0.4, 0.5) is 11.4 Å². The molecule has 2 aromatic rings. The fourth-order valence-corrected chi connectivity index (χ4v) is 2.58. The van der Waals surface area contributed by atoms with E-state index in [1.165, 1.54) is 7.11 Å². The van der Waals surface area contributed by atoms with E-state index in [-0.39, 0.29) is 0 Å². The molecule has 0 aliphatic carbocycles. The van der Waals surface area contributed by atoms with Crippen LogP contribution in [0.3, 0.4) is 0 Å². The monoisotopic (exact) mass is 288 g/mol. The topological polar surface area (TPSA) is 102 Å². The molecule has 1 atom stereocenters. The molecule has 110 valence electrons. The Kier molecular flexibility index (Phi) is 3.06. The number of nitrogens with zero attached hydrogens (tertiary/aromatic N) is 1. The van der Waals surface area contributed by atoms with E-state index in [4.69, 9.17) is 15.0 Å². The lowest BCUT2D eigenvalue weighted by Gasteiger charge is -2.09. The van der Waals surface area contributed by atoms with Crippen molar-refractivity contribution < 1.29 is 14.1 Å². The van der Waals surface area contributed by atoms with E-state index in [1.807, 2.05) is 19.9 Å². The first-order valence-electron chi connectivity index (χ1n) is 6.49. The summed E-state index contributed by atoms with van der Waals surface area (Å²) >= 11 is 0. The maximum absolute atomic E-state index is 12.0. The molecule has 21 heavy (non-hydrogen) atoms. The molecule has 3 rings (SSSR count). The highest BCUT2D eigenvalue weighted by Crippen LogP contribution is 2.38. The Labute approximate surface area is 121 Å². The lowest BCUT2D eigenvalue weighted by atomic mass is 9.99.